The van der Waals surface area contributed by atoms with Crippen LogP contribution in [0.15, 0.2) is 53.0 Å². The van der Waals surface area contributed by atoms with E-state index in [1.165, 1.54) is 4.31 Å². The van der Waals surface area contributed by atoms with Crippen molar-refractivity contribution < 1.29 is 17.9 Å². The number of para-hydroxylation sites is 2. The van der Waals surface area contributed by atoms with Gasteiger partial charge in [-0.2, -0.15) is 4.31 Å². The third kappa shape index (κ3) is 5.49. The number of carbonyl (C=O) groups is 1. The van der Waals surface area contributed by atoms with Crippen molar-refractivity contribution in [3.8, 4) is 5.75 Å². The Labute approximate surface area is 179 Å². The molecule has 1 fully saturated rings. The summed E-state index contributed by atoms with van der Waals surface area (Å²) in [5, 5.41) is 2.68. The number of nitrogens with zero attached hydrogens (tertiary/aromatic N) is 2. The molecule has 29 heavy (non-hydrogen) atoms. The third-order valence-electron chi connectivity index (χ3n) is 4.81. The number of hydrogen-bond acceptors (Lipinski definition) is 5. The lowest BCUT2D eigenvalue weighted by atomic mass is 10.2. The number of nitrogens with one attached hydrogen (secondary N) is 1. The van der Waals surface area contributed by atoms with Gasteiger partial charge in [0, 0.05) is 42.8 Å². The van der Waals surface area contributed by atoms with Gasteiger partial charge in [0.2, 0.25) is 10.0 Å². The Balaban J connectivity index is 1.50. The third-order valence-corrected chi connectivity index (χ3v) is 7.21. The molecule has 1 aliphatic rings. The number of anilines is 1. The summed E-state index contributed by atoms with van der Waals surface area (Å²) in [5.41, 5.74) is 1.46. The molecule has 1 aliphatic heterocycles. The molecule has 1 N–H and O–H groups in total. The van der Waals surface area contributed by atoms with Gasteiger partial charge in [0.25, 0.3) is 5.91 Å². The number of ether oxygens (including phenoxy) is 1. The molecular formula is C20H24BrN3O4S. The van der Waals surface area contributed by atoms with Gasteiger partial charge in [0.05, 0.1) is 18.6 Å². The Kier molecular flexibility index (Phi) is 7.15. The van der Waals surface area contributed by atoms with Crippen LogP contribution in [0.3, 0.4) is 0 Å². The van der Waals surface area contributed by atoms with E-state index in [1.807, 2.05) is 24.3 Å². The molecule has 0 aromatic heterocycles. The Hall–Kier alpha value is -2.10. The number of halogens is 1. The Morgan fingerprint density at radius 2 is 1.72 bits per heavy atom. The number of rotatable bonds is 7. The minimum absolute atomic E-state index is 0.0734. The van der Waals surface area contributed by atoms with Crippen LogP contribution in [0.25, 0.3) is 0 Å². The largest absolute Gasteiger partial charge is 0.495 e. The summed E-state index contributed by atoms with van der Waals surface area (Å²) in [6.07, 6.45) is 0. The van der Waals surface area contributed by atoms with Crippen molar-refractivity contribution >= 4 is 37.5 Å². The molecular weight excluding hydrogens is 458 g/mol. The predicted molar refractivity (Wildman–Crippen MR) is 117 cm³/mol. The van der Waals surface area contributed by atoms with Crippen molar-refractivity contribution in [2.24, 2.45) is 0 Å². The highest BCUT2D eigenvalue weighted by atomic mass is 79.9. The minimum atomic E-state index is -3.44. The number of hydrogen-bond donors (Lipinski definition) is 1. The summed E-state index contributed by atoms with van der Waals surface area (Å²) in [6, 6.07) is 14.6. The van der Waals surface area contributed by atoms with Gasteiger partial charge in [0.1, 0.15) is 5.75 Å². The number of methoxy groups -OCH3 is 1. The van der Waals surface area contributed by atoms with E-state index in [0.29, 0.717) is 31.7 Å². The van der Waals surface area contributed by atoms with Gasteiger partial charge >= 0.3 is 0 Å². The maximum atomic E-state index is 12.6. The van der Waals surface area contributed by atoms with Crippen molar-refractivity contribution in [3.63, 3.8) is 0 Å². The SMILES string of the molecule is COc1ccccc1N1CCN(S(=O)(=O)CCNC(=O)c2ccc(Br)cc2)CC1. The van der Waals surface area contributed by atoms with Gasteiger partial charge < -0.3 is 15.0 Å². The second-order valence-electron chi connectivity index (χ2n) is 6.64. The molecule has 2 aromatic rings. The Bertz CT molecular complexity index is 942. The highest BCUT2D eigenvalue weighted by molar-refractivity contribution is 9.10. The molecule has 0 spiro atoms. The van der Waals surface area contributed by atoms with E-state index in [-0.39, 0.29) is 18.2 Å². The number of amides is 1. The monoisotopic (exact) mass is 481 g/mol. The molecule has 9 heteroatoms. The molecule has 156 valence electrons. The fourth-order valence-electron chi connectivity index (χ4n) is 3.22. The molecule has 7 nitrogen and oxygen atoms in total. The zero-order chi connectivity index (χ0) is 20.9. The van der Waals surface area contributed by atoms with E-state index in [4.69, 9.17) is 4.74 Å². The van der Waals surface area contributed by atoms with Crippen LogP contribution in [-0.2, 0) is 10.0 Å². The fourth-order valence-corrected chi connectivity index (χ4v) is 4.83. The number of benzene rings is 2. The van der Waals surface area contributed by atoms with E-state index in [1.54, 1.807) is 31.4 Å². The van der Waals surface area contributed by atoms with Crippen molar-refractivity contribution in [1.82, 2.24) is 9.62 Å². The highest BCUT2D eigenvalue weighted by Crippen LogP contribution is 2.28. The summed E-state index contributed by atoms with van der Waals surface area (Å²) in [5.74, 6) is 0.373. The molecule has 1 amide bonds. The summed E-state index contributed by atoms with van der Waals surface area (Å²) in [6.45, 7) is 2.06. The van der Waals surface area contributed by atoms with Crippen LogP contribution in [0.5, 0.6) is 5.75 Å². The summed E-state index contributed by atoms with van der Waals surface area (Å²) >= 11 is 3.32. The standard InChI is InChI=1S/C20H24BrN3O4S/c1-28-19-5-3-2-4-18(19)23-11-13-24(14-12-23)29(26,27)15-10-22-20(25)16-6-8-17(21)9-7-16/h2-9H,10-15H2,1H3,(H,22,25). The second kappa shape index (κ2) is 9.60. The first-order valence-electron chi connectivity index (χ1n) is 9.30. The molecule has 0 atom stereocenters. The first kappa shape index (κ1) is 21.6. The van der Waals surface area contributed by atoms with Crippen molar-refractivity contribution in [1.29, 1.82) is 0 Å². The van der Waals surface area contributed by atoms with E-state index >= 15 is 0 Å². The number of carbonyl (C=O) groups excluding carboxylic acids is 1. The average Bonchev–Trinajstić information content (AvgIpc) is 2.74. The van der Waals surface area contributed by atoms with Crippen LogP contribution in [-0.4, -0.2) is 64.2 Å². The van der Waals surface area contributed by atoms with Gasteiger partial charge in [-0.15, -0.1) is 0 Å². The van der Waals surface area contributed by atoms with E-state index < -0.39 is 10.0 Å². The molecule has 2 aromatic carbocycles. The molecule has 0 saturated carbocycles. The van der Waals surface area contributed by atoms with Gasteiger partial charge in [-0.3, -0.25) is 4.79 Å². The summed E-state index contributed by atoms with van der Waals surface area (Å²) in [7, 11) is -1.81. The molecule has 1 heterocycles. The maximum absolute atomic E-state index is 12.6. The predicted octanol–water partition coefficient (Wildman–Crippen LogP) is 2.34. The number of sulfonamides is 1. The van der Waals surface area contributed by atoms with Crippen LogP contribution in [0, 0.1) is 0 Å². The average molecular weight is 482 g/mol. The fraction of sp³-hybridized carbons (Fsp3) is 0.350. The number of piperazine rings is 1. The molecule has 0 unspecified atom stereocenters. The topological polar surface area (TPSA) is 79.0 Å². The quantitative estimate of drug-likeness (QED) is 0.656. The second-order valence-corrected chi connectivity index (χ2v) is 9.64. The van der Waals surface area contributed by atoms with Crippen molar-refractivity contribution in [2.45, 2.75) is 0 Å². The summed E-state index contributed by atoms with van der Waals surface area (Å²) in [4.78, 5) is 14.3. The van der Waals surface area contributed by atoms with Crippen molar-refractivity contribution in [2.75, 3.05) is 50.5 Å². The lowest BCUT2D eigenvalue weighted by Gasteiger charge is -2.36. The van der Waals surface area contributed by atoms with Crippen LogP contribution in [0.1, 0.15) is 10.4 Å². The molecule has 0 aliphatic carbocycles. The van der Waals surface area contributed by atoms with Crippen LogP contribution in [0.4, 0.5) is 5.69 Å². The maximum Gasteiger partial charge on any atom is 0.251 e. The molecule has 0 radical (unpaired) electrons. The van der Waals surface area contributed by atoms with Crippen LogP contribution in [0.2, 0.25) is 0 Å². The van der Waals surface area contributed by atoms with Gasteiger partial charge in [-0.25, -0.2) is 8.42 Å². The van der Waals surface area contributed by atoms with Gasteiger partial charge in [-0.05, 0) is 36.4 Å². The van der Waals surface area contributed by atoms with Gasteiger partial charge in [0.15, 0.2) is 0 Å². The zero-order valence-corrected chi connectivity index (χ0v) is 18.6. The lowest BCUT2D eigenvalue weighted by Crippen LogP contribution is -2.50. The van der Waals surface area contributed by atoms with E-state index in [2.05, 4.69) is 26.1 Å². The zero-order valence-electron chi connectivity index (χ0n) is 16.2. The van der Waals surface area contributed by atoms with Crippen LogP contribution >= 0.6 is 15.9 Å². The molecule has 3 rings (SSSR count). The molecule has 1 saturated heterocycles. The molecule has 0 bridgehead atoms. The van der Waals surface area contributed by atoms with Gasteiger partial charge in [-0.1, -0.05) is 28.1 Å². The normalized spacial score (nSPS) is 15.2. The van der Waals surface area contributed by atoms with Crippen LogP contribution < -0.4 is 15.0 Å². The minimum Gasteiger partial charge on any atom is -0.495 e. The van der Waals surface area contributed by atoms with E-state index in [0.717, 1.165) is 15.9 Å². The smallest absolute Gasteiger partial charge is 0.251 e. The van der Waals surface area contributed by atoms with Crippen molar-refractivity contribution in [3.05, 3.63) is 58.6 Å². The first-order chi connectivity index (χ1) is 13.9. The first-order valence-corrected chi connectivity index (χ1v) is 11.7. The Morgan fingerprint density at radius 3 is 2.38 bits per heavy atom. The van der Waals surface area contributed by atoms with E-state index in [9.17, 15) is 13.2 Å². The lowest BCUT2D eigenvalue weighted by molar-refractivity contribution is 0.0956. The highest BCUT2D eigenvalue weighted by Gasteiger charge is 2.27. The Morgan fingerprint density at radius 1 is 1.07 bits per heavy atom. The summed E-state index contributed by atoms with van der Waals surface area (Å²) < 4.78 is 33.0.